The molecule has 3 aromatic rings. The molecule has 0 aromatic carbocycles. The normalized spacial score (nSPS) is 15.5. The summed E-state index contributed by atoms with van der Waals surface area (Å²) < 4.78 is 3.41. The van der Waals surface area contributed by atoms with E-state index in [1.807, 2.05) is 24.3 Å². The molecule has 112 valence electrons. The molecule has 22 heavy (non-hydrogen) atoms. The van der Waals surface area contributed by atoms with Gasteiger partial charge in [-0.2, -0.15) is 0 Å². The van der Waals surface area contributed by atoms with Crippen molar-refractivity contribution in [3.05, 3.63) is 47.6 Å². The van der Waals surface area contributed by atoms with Crippen LogP contribution in [0.4, 0.5) is 5.82 Å². The summed E-state index contributed by atoms with van der Waals surface area (Å²) in [5.74, 6) is 0.518. The Balaban J connectivity index is 1.72. The van der Waals surface area contributed by atoms with E-state index in [1.165, 1.54) is 23.1 Å². The predicted octanol–water partition coefficient (Wildman–Crippen LogP) is 4.47. The Kier molecular flexibility index (Phi) is 3.42. The molecule has 4 rings (SSSR count). The van der Waals surface area contributed by atoms with Gasteiger partial charge >= 0.3 is 0 Å². The van der Waals surface area contributed by atoms with Crippen LogP contribution in [0.15, 0.2) is 41.9 Å². The maximum atomic E-state index is 12.7. The summed E-state index contributed by atoms with van der Waals surface area (Å²) in [6.45, 7) is 0. The highest BCUT2D eigenvalue weighted by molar-refractivity contribution is 7.17. The van der Waals surface area contributed by atoms with Crippen LogP contribution in [0.3, 0.4) is 0 Å². The standard InChI is InChI=1S/C17H17N3OS/c21-17(19-16-7-3-4-9-18-16)14-11-15-13(8-10-22-15)20(14)12-5-1-2-6-12/h3-4,7-12H,1-2,5-6H2,(H,18,19,21). The molecule has 0 radical (unpaired) electrons. The van der Waals surface area contributed by atoms with Gasteiger partial charge in [-0.05, 0) is 42.5 Å². The predicted molar refractivity (Wildman–Crippen MR) is 89.5 cm³/mol. The Hall–Kier alpha value is -2.14. The third kappa shape index (κ3) is 2.31. The molecular formula is C17H17N3OS. The van der Waals surface area contributed by atoms with Crippen LogP contribution in [-0.4, -0.2) is 15.5 Å². The lowest BCUT2D eigenvalue weighted by Crippen LogP contribution is -2.19. The minimum atomic E-state index is -0.0750. The zero-order valence-corrected chi connectivity index (χ0v) is 13.0. The molecule has 1 aliphatic carbocycles. The van der Waals surface area contributed by atoms with Gasteiger partial charge in [0.2, 0.25) is 0 Å². The number of carbonyl (C=O) groups is 1. The Labute approximate surface area is 132 Å². The number of aromatic nitrogens is 2. The summed E-state index contributed by atoms with van der Waals surface area (Å²) in [5, 5.41) is 5.00. The number of hydrogen-bond acceptors (Lipinski definition) is 3. The average Bonchev–Trinajstić information content (AvgIpc) is 3.24. The van der Waals surface area contributed by atoms with Gasteiger partial charge in [0, 0.05) is 12.2 Å². The molecule has 3 aromatic heterocycles. The van der Waals surface area contributed by atoms with E-state index in [-0.39, 0.29) is 5.91 Å². The molecule has 1 aliphatic rings. The number of thiophene rings is 1. The lowest BCUT2D eigenvalue weighted by Gasteiger charge is -2.17. The van der Waals surface area contributed by atoms with E-state index < -0.39 is 0 Å². The number of hydrogen-bond donors (Lipinski definition) is 1. The zero-order chi connectivity index (χ0) is 14.9. The van der Waals surface area contributed by atoms with E-state index in [4.69, 9.17) is 0 Å². The molecule has 1 amide bonds. The minimum absolute atomic E-state index is 0.0750. The number of fused-ring (bicyclic) bond motifs is 1. The number of amides is 1. The van der Waals surface area contributed by atoms with E-state index in [0.717, 1.165) is 18.5 Å². The van der Waals surface area contributed by atoms with Crippen LogP contribution in [0.5, 0.6) is 0 Å². The van der Waals surface area contributed by atoms with E-state index in [1.54, 1.807) is 17.5 Å². The fraction of sp³-hybridized carbons (Fsp3) is 0.294. The number of anilines is 1. The van der Waals surface area contributed by atoms with Crippen LogP contribution >= 0.6 is 11.3 Å². The largest absolute Gasteiger partial charge is 0.333 e. The van der Waals surface area contributed by atoms with Gasteiger partial charge in [0.25, 0.3) is 5.91 Å². The van der Waals surface area contributed by atoms with Gasteiger partial charge < -0.3 is 9.88 Å². The fourth-order valence-corrected chi connectivity index (χ4v) is 4.10. The molecule has 5 heteroatoms. The first-order valence-electron chi connectivity index (χ1n) is 7.64. The molecule has 0 spiro atoms. The summed E-state index contributed by atoms with van der Waals surface area (Å²) >= 11 is 1.69. The first kappa shape index (κ1) is 13.5. The van der Waals surface area contributed by atoms with Crippen LogP contribution in [0.25, 0.3) is 10.2 Å². The SMILES string of the molecule is O=C(Nc1ccccn1)c1cc2sccc2n1C1CCCC1. The van der Waals surface area contributed by atoms with Crippen LogP contribution in [-0.2, 0) is 0 Å². The molecule has 1 fully saturated rings. The third-order valence-corrected chi connectivity index (χ3v) is 5.14. The van der Waals surface area contributed by atoms with Crippen molar-refractivity contribution in [2.45, 2.75) is 31.7 Å². The second kappa shape index (κ2) is 5.57. The number of pyridine rings is 1. The van der Waals surface area contributed by atoms with Gasteiger partial charge in [-0.3, -0.25) is 4.79 Å². The maximum absolute atomic E-state index is 12.7. The summed E-state index contributed by atoms with van der Waals surface area (Å²) in [7, 11) is 0. The van der Waals surface area contributed by atoms with Gasteiger partial charge in [0.15, 0.2) is 0 Å². The molecule has 1 saturated carbocycles. The van der Waals surface area contributed by atoms with Crippen molar-refractivity contribution in [1.82, 2.24) is 9.55 Å². The van der Waals surface area contributed by atoms with Crippen LogP contribution < -0.4 is 5.32 Å². The summed E-state index contributed by atoms with van der Waals surface area (Å²) in [5.41, 5.74) is 1.93. The fourth-order valence-electron chi connectivity index (χ4n) is 3.29. The van der Waals surface area contributed by atoms with Gasteiger partial charge in [0.1, 0.15) is 11.5 Å². The molecule has 4 nitrogen and oxygen atoms in total. The molecule has 0 bridgehead atoms. The summed E-state index contributed by atoms with van der Waals surface area (Å²) in [6.07, 6.45) is 6.49. The second-order valence-corrected chi connectivity index (χ2v) is 6.62. The second-order valence-electron chi connectivity index (χ2n) is 5.68. The maximum Gasteiger partial charge on any atom is 0.273 e. The summed E-state index contributed by atoms with van der Waals surface area (Å²) in [6, 6.07) is 10.1. The topological polar surface area (TPSA) is 46.9 Å². The van der Waals surface area contributed by atoms with Crippen molar-refractivity contribution >= 4 is 33.3 Å². The van der Waals surface area contributed by atoms with Crippen molar-refractivity contribution in [3.63, 3.8) is 0 Å². The molecule has 3 heterocycles. The number of rotatable bonds is 3. The highest BCUT2D eigenvalue weighted by atomic mass is 32.1. The van der Waals surface area contributed by atoms with Crippen molar-refractivity contribution in [1.29, 1.82) is 0 Å². The van der Waals surface area contributed by atoms with Gasteiger partial charge in [-0.1, -0.05) is 18.9 Å². The van der Waals surface area contributed by atoms with Crippen molar-refractivity contribution < 1.29 is 4.79 Å². The van der Waals surface area contributed by atoms with Crippen molar-refractivity contribution in [2.24, 2.45) is 0 Å². The molecule has 1 N–H and O–H groups in total. The van der Waals surface area contributed by atoms with Gasteiger partial charge in [0.05, 0.1) is 10.2 Å². The van der Waals surface area contributed by atoms with Crippen molar-refractivity contribution in [2.75, 3.05) is 5.32 Å². The summed E-state index contributed by atoms with van der Waals surface area (Å²) in [4.78, 5) is 16.9. The lowest BCUT2D eigenvalue weighted by molar-refractivity contribution is 0.101. The molecule has 0 saturated heterocycles. The van der Waals surface area contributed by atoms with Crippen LogP contribution in [0.1, 0.15) is 42.2 Å². The quantitative estimate of drug-likeness (QED) is 0.776. The smallest absolute Gasteiger partial charge is 0.273 e. The Morgan fingerprint density at radius 3 is 2.91 bits per heavy atom. The van der Waals surface area contributed by atoms with Gasteiger partial charge in [-0.15, -0.1) is 11.3 Å². The number of carbonyl (C=O) groups excluding carboxylic acids is 1. The zero-order valence-electron chi connectivity index (χ0n) is 12.2. The van der Waals surface area contributed by atoms with Crippen molar-refractivity contribution in [3.8, 4) is 0 Å². The monoisotopic (exact) mass is 311 g/mol. The number of nitrogens with zero attached hydrogens (tertiary/aromatic N) is 2. The van der Waals surface area contributed by atoms with E-state index in [9.17, 15) is 4.79 Å². The average molecular weight is 311 g/mol. The van der Waals surface area contributed by atoms with Gasteiger partial charge in [-0.25, -0.2) is 4.98 Å². The van der Waals surface area contributed by atoms with Crippen LogP contribution in [0, 0.1) is 0 Å². The van der Waals surface area contributed by atoms with E-state index in [2.05, 4.69) is 26.3 Å². The van der Waals surface area contributed by atoms with E-state index in [0.29, 0.717) is 11.9 Å². The molecular weight excluding hydrogens is 294 g/mol. The number of nitrogens with one attached hydrogen (secondary N) is 1. The molecule has 0 atom stereocenters. The Morgan fingerprint density at radius 1 is 1.27 bits per heavy atom. The highest BCUT2D eigenvalue weighted by Crippen LogP contribution is 2.36. The van der Waals surface area contributed by atoms with E-state index >= 15 is 0 Å². The first-order valence-corrected chi connectivity index (χ1v) is 8.52. The molecule has 0 aliphatic heterocycles. The van der Waals surface area contributed by atoms with Crippen LogP contribution in [0.2, 0.25) is 0 Å². The highest BCUT2D eigenvalue weighted by Gasteiger charge is 2.25. The minimum Gasteiger partial charge on any atom is -0.333 e. The molecule has 0 unspecified atom stereocenters. The Morgan fingerprint density at radius 2 is 2.14 bits per heavy atom. The Bertz CT molecular complexity index is 800. The third-order valence-electron chi connectivity index (χ3n) is 4.29. The first-order chi connectivity index (χ1) is 10.8. The lowest BCUT2D eigenvalue weighted by atomic mass is 10.2.